The van der Waals surface area contributed by atoms with Crippen molar-refractivity contribution in [3.63, 3.8) is 0 Å². The molecule has 0 atom stereocenters. The van der Waals surface area contributed by atoms with Gasteiger partial charge >= 0.3 is 0 Å². The number of pyridine rings is 1. The molecule has 0 fully saturated rings. The van der Waals surface area contributed by atoms with E-state index >= 15 is 0 Å². The highest BCUT2D eigenvalue weighted by Gasteiger charge is 2.13. The van der Waals surface area contributed by atoms with E-state index in [-0.39, 0.29) is 5.91 Å². The highest BCUT2D eigenvalue weighted by atomic mass is 16.1. The maximum absolute atomic E-state index is 12.6. The smallest absolute Gasteiger partial charge is 0.251 e. The molecule has 4 aromatic rings. The molecule has 0 saturated heterocycles. The van der Waals surface area contributed by atoms with Crippen LogP contribution in [0.3, 0.4) is 0 Å². The van der Waals surface area contributed by atoms with E-state index in [1.165, 1.54) is 5.56 Å². The molecule has 2 aromatic carbocycles. The number of hydrogen-bond acceptors (Lipinski definition) is 3. The number of carbonyl (C=O) groups is 1. The molecule has 0 aliphatic rings. The van der Waals surface area contributed by atoms with Gasteiger partial charge in [-0.2, -0.15) is 0 Å². The van der Waals surface area contributed by atoms with Crippen LogP contribution < -0.4 is 5.32 Å². The van der Waals surface area contributed by atoms with E-state index < -0.39 is 0 Å². The zero-order valence-electron chi connectivity index (χ0n) is 20.2. The number of aryl methyl sites for hydroxylation is 2. The maximum Gasteiger partial charge on any atom is 0.251 e. The lowest BCUT2D eigenvalue weighted by Gasteiger charge is -2.17. The number of nitrogens with zero attached hydrogens (tertiary/aromatic N) is 3. The van der Waals surface area contributed by atoms with Gasteiger partial charge in [0.25, 0.3) is 5.91 Å². The van der Waals surface area contributed by atoms with Crippen LogP contribution in [0, 0.1) is 13.8 Å². The maximum atomic E-state index is 12.6. The van der Waals surface area contributed by atoms with Crippen molar-refractivity contribution >= 4 is 5.91 Å². The van der Waals surface area contributed by atoms with Crippen molar-refractivity contribution in [1.29, 1.82) is 0 Å². The van der Waals surface area contributed by atoms with Crippen molar-refractivity contribution in [2.24, 2.45) is 0 Å². The fourth-order valence-corrected chi connectivity index (χ4v) is 4.25. The Kier molecular flexibility index (Phi) is 7.55. The van der Waals surface area contributed by atoms with Gasteiger partial charge in [-0.3, -0.25) is 9.78 Å². The summed E-state index contributed by atoms with van der Waals surface area (Å²) in [4.78, 5) is 19.5. The Bertz CT molecular complexity index is 1210. The molecule has 1 N–H and O–H groups in total. The molecule has 2 heterocycles. The van der Waals surface area contributed by atoms with Gasteiger partial charge in [0.2, 0.25) is 0 Å². The van der Waals surface area contributed by atoms with Crippen molar-refractivity contribution in [3.05, 3.63) is 108 Å². The van der Waals surface area contributed by atoms with E-state index in [0.29, 0.717) is 12.1 Å². The molecule has 34 heavy (non-hydrogen) atoms. The second kappa shape index (κ2) is 10.9. The van der Waals surface area contributed by atoms with Crippen molar-refractivity contribution in [3.8, 4) is 16.9 Å². The summed E-state index contributed by atoms with van der Waals surface area (Å²) in [7, 11) is 2.11. The number of aromatic nitrogens is 2. The van der Waals surface area contributed by atoms with Crippen molar-refractivity contribution in [1.82, 2.24) is 19.8 Å². The van der Waals surface area contributed by atoms with Gasteiger partial charge in [0.05, 0.1) is 11.4 Å². The molecular formula is C29H32N4O. The second-order valence-corrected chi connectivity index (χ2v) is 8.73. The Morgan fingerprint density at radius 1 is 0.912 bits per heavy atom. The van der Waals surface area contributed by atoms with Crippen LogP contribution in [0.5, 0.6) is 0 Å². The van der Waals surface area contributed by atoms with Crippen LogP contribution in [0.25, 0.3) is 16.9 Å². The molecule has 0 spiro atoms. The molecule has 0 aliphatic carbocycles. The van der Waals surface area contributed by atoms with E-state index in [0.717, 1.165) is 47.8 Å². The Balaban J connectivity index is 1.34. The zero-order chi connectivity index (χ0) is 23.9. The summed E-state index contributed by atoms with van der Waals surface area (Å²) in [5.74, 6) is -0.0457. The summed E-state index contributed by atoms with van der Waals surface area (Å²) in [5, 5.41) is 3.04. The fraction of sp³-hybridized carbons (Fsp3) is 0.241. The molecule has 174 valence electrons. The third-order valence-electron chi connectivity index (χ3n) is 6.02. The summed E-state index contributed by atoms with van der Waals surface area (Å²) < 4.78 is 2.21. The lowest BCUT2D eigenvalue weighted by molar-refractivity contribution is 0.0952. The molecule has 1 amide bonds. The summed E-state index contributed by atoms with van der Waals surface area (Å²) in [6, 6.07) is 26.4. The quantitative estimate of drug-likeness (QED) is 0.346. The van der Waals surface area contributed by atoms with Crippen LogP contribution in [0.1, 0.15) is 33.7 Å². The van der Waals surface area contributed by atoms with Crippen LogP contribution in [0.2, 0.25) is 0 Å². The Labute approximate surface area is 202 Å². The average molecular weight is 453 g/mol. The Morgan fingerprint density at radius 2 is 1.62 bits per heavy atom. The van der Waals surface area contributed by atoms with Crippen LogP contribution in [-0.4, -0.2) is 40.5 Å². The Morgan fingerprint density at radius 3 is 2.32 bits per heavy atom. The molecule has 0 saturated carbocycles. The molecule has 0 aliphatic heterocycles. The summed E-state index contributed by atoms with van der Waals surface area (Å²) in [5.41, 5.74) is 7.22. The van der Waals surface area contributed by atoms with Gasteiger partial charge in [0.1, 0.15) is 0 Å². The minimum absolute atomic E-state index is 0.0457. The first kappa shape index (κ1) is 23.5. The molecule has 0 bridgehead atoms. The van der Waals surface area contributed by atoms with Gasteiger partial charge < -0.3 is 14.8 Å². The summed E-state index contributed by atoms with van der Waals surface area (Å²) in [6.45, 7) is 6.67. The number of rotatable bonds is 9. The van der Waals surface area contributed by atoms with Crippen LogP contribution >= 0.6 is 0 Å². The number of hydrogen-bond donors (Lipinski definition) is 1. The van der Waals surface area contributed by atoms with E-state index in [1.807, 2.05) is 42.6 Å². The van der Waals surface area contributed by atoms with Gasteiger partial charge in [-0.1, -0.05) is 42.5 Å². The first-order chi connectivity index (χ1) is 16.5. The summed E-state index contributed by atoms with van der Waals surface area (Å²) in [6.07, 6.45) is 2.71. The standard InChI is InChI=1S/C29H32N4O/c1-22-12-13-23(2)33(22)27-11-7-18-30-28(27)25-14-16-26(17-15-25)29(34)31-19-8-20-32(3)21-24-9-5-4-6-10-24/h4-7,9-18H,8,19-21H2,1-3H3,(H,31,34). The van der Waals surface area contributed by atoms with Crippen LogP contribution in [0.15, 0.2) is 85.1 Å². The van der Waals surface area contributed by atoms with Crippen molar-refractivity contribution < 1.29 is 4.79 Å². The molecule has 0 unspecified atom stereocenters. The Hall–Kier alpha value is -3.70. The molecule has 2 aromatic heterocycles. The predicted molar refractivity (Wildman–Crippen MR) is 138 cm³/mol. The normalized spacial score (nSPS) is 11.1. The van der Waals surface area contributed by atoms with Crippen molar-refractivity contribution in [2.45, 2.75) is 26.8 Å². The van der Waals surface area contributed by atoms with Crippen LogP contribution in [0.4, 0.5) is 0 Å². The predicted octanol–water partition coefficient (Wildman–Crippen LogP) is 5.41. The molecule has 4 rings (SSSR count). The lowest BCUT2D eigenvalue weighted by Crippen LogP contribution is -2.28. The first-order valence-corrected chi connectivity index (χ1v) is 11.7. The fourth-order valence-electron chi connectivity index (χ4n) is 4.25. The van der Waals surface area contributed by atoms with Crippen LogP contribution in [-0.2, 0) is 6.54 Å². The van der Waals surface area contributed by atoms with Gasteiger partial charge in [-0.05, 0) is 75.8 Å². The van der Waals surface area contributed by atoms with Gasteiger partial charge in [0.15, 0.2) is 0 Å². The monoisotopic (exact) mass is 452 g/mol. The lowest BCUT2D eigenvalue weighted by atomic mass is 10.1. The van der Waals surface area contributed by atoms with E-state index in [4.69, 9.17) is 0 Å². The highest BCUT2D eigenvalue weighted by molar-refractivity contribution is 5.94. The van der Waals surface area contributed by atoms with Gasteiger partial charge in [0, 0.05) is 41.8 Å². The largest absolute Gasteiger partial charge is 0.352 e. The highest BCUT2D eigenvalue weighted by Crippen LogP contribution is 2.27. The van der Waals surface area contributed by atoms with E-state index in [1.54, 1.807) is 0 Å². The zero-order valence-corrected chi connectivity index (χ0v) is 20.2. The number of benzene rings is 2. The molecule has 0 radical (unpaired) electrons. The molecule has 5 heteroatoms. The van der Waals surface area contributed by atoms with E-state index in [2.05, 4.69) is 83.1 Å². The third kappa shape index (κ3) is 5.61. The minimum atomic E-state index is -0.0457. The van der Waals surface area contributed by atoms with Gasteiger partial charge in [-0.25, -0.2) is 0 Å². The number of carbonyl (C=O) groups excluding carboxylic acids is 1. The average Bonchev–Trinajstić information content (AvgIpc) is 3.20. The first-order valence-electron chi connectivity index (χ1n) is 11.7. The summed E-state index contributed by atoms with van der Waals surface area (Å²) >= 11 is 0. The molecular weight excluding hydrogens is 420 g/mol. The number of amides is 1. The molecule has 5 nitrogen and oxygen atoms in total. The third-order valence-corrected chi connectivity index (χ3v) is 6.02. The second-order valence-electron chi connectivity index (χ2n) is 8.73. The topological polar surface area (TPSA) is 50.2 Å². The minimum Gasteiger partial charge on any atom is -0.352 e. The van der Waals surface area contributed by atoms with Crippen molar-refractivity contribution in [2.75, 3.05) is 20.1 Å². The van der Waals surface area contributed by atoms with Gasteiger partial charge in [-0.15, -0.1) is 0 Å². The SMILES string of the molecule is Cc1ccc(C)n1-c1cccnc1-c1ccc(C(=O)NCCCN(C)Cc2ccccc2)cc1. The number of nitrogens with one attached hydrogen (secondary N) is 1. The van der Waals surface area contributed by atoms with E-state index in [9.17, 15) is 4.79 Å².